The molecule has 7 heteroatoms. The van der Waals surface area contributed by atoms with Crippen LogP contribution in [0, 0.1) is 0 Å². The second-order valence-corrected chi connectivity index (χ2v) is 8.15. The summed E-state index contributed by atoms with van der Waals surface area (Å²) in [6.07, 6.45) is 0.427. The number of para-hydroxylation sites is 1. The zero-order valence-corrected chi connectivity index (χ0v) is 14.7. The average molecular weight is 360 g/mol. The van der Waals surface area contributed by atoms with Crippen molar-refractivity contribution in [1.29, 1.82) is 0 Å². The molecule has 1 saturated heterocycles. The molecule has 0 radical (unpaired) electrons. The van der Waals surface area contributed by atoms with Crippen molar-refractivity contribution in [3.8, 4) is 5.75 Å². The van der Waals surface area contributed by atoms with Crippen molar-refractivity contribution in [3.63, 3.8) is 0 Å². The Bertz CT molecular complexity index is 835. The van der Waals surface area contributed by atoms with Gasteiger partial charge in [0.1, 0.15) is 5.75 Å². The molecule has 0 aromatic heterocycles. The van der Waals surface area contributed by atoms with Gasteiger partial charge in [-0.2, -0.15) is 0 Å². The lowest BCUT2D eigenvalue weighted by Crippen LogP contribution is -2.44. The molecule has 0 spiro atoms. The number of urea groups is 1. The van der Waals surface area contributed by atoms with E-state index in [0.29, 0.717) is 23.5 Å². The van der Waals surface area contributed by atoms with Crippen molar-refractivity contribution < 1.29 is 17.9 Å². The SMILES string of the molecule is COc1ccc(N(C(=O)Nc2ccccc2)[C@@H]2CCS(=O)(=O)C2)cc1. The van der Waals surface area contributed by atoms with Gasteiger partial charge in [-0.25, -0.2) is 13.2 Å². The molecule has 3 rings (SSSR count). The molecule has 0 unspecified atom stereocenters. The summed E-state index contributed by atoms with van der Waals surface area (Å²) in [7, 11) is -1.55. The fraction of sp³-hybridized carbons (Fsp3) is 0.278. The fourth-order valence-corrected chi connectivity index (χ4v) is 4.62. The molecule has 1 heterocycles. The third kappa shape index (κ3) is 4.11. The Morgan fingerprint density at radius 3 is 2.36 bits per heavy atom. The van der Waals surface area contributed by atoms with Crippen LogP contribution in [0.4, 0.5) is 16.2 Å². The van der Waals surface area contributed by atoms with E-state index < -0.39 is 9.84 Å². The van der Waals surface area contributed by atoms with Gasteiger partial charge in [0.15, 0.2) is 9.84 Å². The summed E-state index contributed by atoms with van der Waals surface area (Å²) in [5.74, 6) is 0.746. The normalized spacial score (nSPS) is 18.5. The zero-order valence-electron chi connectivity index (χ0n) is 13.9. The van der Waals surface area contributed by atoms with Crippen LogP contribution in [0.1, 0.15) is 6.42 Å². The highest BCUT2D eigenvalue weighted by Gasteiger charge is 2.35. The maximum absolute atomic E-state index is 12.9. The molecule has 2 aromatic carbocycles. The lowest BCUT2D eigenvalue weighted by Gasteiger charge is -2.28. The number of sulfone groups is 1. The van der Waals surface area contributed by atoms with Gasteiger partial charge in [0.05, 0.1) is 24.7 Å². The Labute approximate surface area is 147 Å². The van der Waals surface area contributed by atoms with E-state index in [0.717, 1.165) is 0 Å². The molecule has 0 bridgehead atoms. The second kappa shape index (κ2) is 7.14. The van der Waals surface area contributed by atoms with Gasteiger partial charge in [0.2, 0.25) is 0 Å². The number of carbonyl (C=O) groups excluding carboxylic acids is 1. The first-order chi connectivity index (χ1) is 12.0. The van der Waals surface area contributed by atoms with Gasteiger partial charge in [-0.1, -0.05) is 18.2 Å². The van der Waals surface area contributed by atoms with E-state index in [1.807, 2.05) is 18.2 Å². The lowest BCUT2D eigenvalue weighted by molar-refractivity contribution is 0.255. The van der Waals surface area contributed by atoms with Crippen LogP contribution in [0.25, 0.3) is 0 Å². The molecular formula is C18H20N2O4S. The Balaban J connectivity index is 1.89. The molecule has 25 heavy (non-hydrogen) atoms. The smallest absolute Gasteiger partial charge is 0.326 e. The standard InChI is InChI=1S/C18H20N2O4S/c1-24-17-9-7-15(8-10-17)20(16-11-12-25(22,23)13-16)18(21)19-14-5-3-2-4-6-14/h2-10,16H,11-13H2,1H3,(H,19,21)/t16-/m1/s1. The van der Waals surface area contributed by atoms with Crippen LogP contribution in [-0.4, -0.2) is 39.1 Å². The Morgan fingerprint density at radius 2 is 1.80 bits per heavy atom. The molecule has 1 atom stereocenters. The van der Waals surface area contributed by atoms with Crippen LogP contribution in [-0.2, 0) is 9.84 Å². The molecule has 2 amide bonds. The predicted octanol–water partition coefficient (Wildman–Crippen LogP) is 2.92. The molecule has 1 aliphatic heterocycles. The minimum atomic E-state index is -3.11. The third-order valence-corrected chi connectivity index (χ3v) is 5.92. The minimum Gasteiger partial charge on any atom is -0.497 e. The Hall–Kier alpha value is -2.54. The van der Waals surface area contributed by atoms with Crippen LogP contribution < -0.4 is 15.0 Å². The molecule has 132 valence electrons. The maximum Gasteiger partial charge on any atom is 0.326 e. The van der Waals surface area contributed by atoms with E-state index in [-0.39, 0.29) is 23.6 Å². The van der Waals surface area contributed by atoms with Gasteiger partial charge >= 0.3 is 6.03 Å². The summed E-state index contributed by atoms with van der Waals surface area (Å²) in [6, 6.07) is 15.4. The van der Waals surface area contributed by atoms with Gasteiger partial charge in [0, 0.05) is 11.4 Å². The third-order valence-electron chi connectivity index (χ3n) is 4.17. The summed E-state index contributed by atoms with van der Waals surface area (Å²) in [5, 5.41) is 2.83. The fourth-order valence-electron chi connectivity index (χ4n) is 2.92. The van der Waals surface area contributed by atoms with E-state index in [9.17, 15) is 13.2 Å². The van der Waals surface area contributed by atoms with Crippen LogP contribution in [0.15, 0.2) is 54.6 Å². The van der Waals surface area contributed by atoms with Crippen LogP contribution in [0.2, 0.25) is 0 Å². The Kier molecular flexibility index (Phi) is 4.94. The predicted molar refractivity (Wildman–Crippen MR) is 98.0 cm³/mol. The monoisotopic (exact) mass is 360 g/mol. The summed E-state index contributed by atoms with van der Waals surface area (Å²) in [4.78, 5) is 14.4. The number of rotatable bonds is 4. The molecule has 0 aliphatic carbocycles. The van der Waals surface area contributed by atoms with Gasteiger partial charge in [-0.05, 0) is 42.8 Å². The minimum absolute atomic E-state index is 0.0265. The van der Waals surface area contributed by atoms with Gasteiger partial charge in [-0.15, -0.1) is 0 Å². The molecular weight excluding hydrogens is 340 g/mol. The first-order valence-corrected chi connectivity index (χ1v) is 9.80. The van der Waals surface area contributed by atoms with E-state index in [1.54, 1.807) is 43.5 Å². The second-order valence-electron chi connectivity index (χ2n) is 5.92. The number of benzene rings is 2. The van der Waals surface area contributed by atoms with Crippen molar-refractivity contribution in [2.45, 2.75) is 12.5 Å². The van der Waals surface area contributed by atoms with E-state index in [2.05, 4.69) is 5.32 Å². The first kappa shape index (κ1) is 17.3. The highest BCUT2D eigenvalue weighted by atomic mass is 32.2. The number of anilines is 2. The summed E-state index contributed by atoms with van der Waals surface area (Å²) in [5.41, 5.74) is 1.29. The number of nitrogens with zero attached hydrogens (tertiary/aromatic N) is 1. The molecule has 1 fully saturated rings. The highest BCUT2D eigenvalue weighted by molar-refractivity contribution is 7.91. The van der Waals surface area contributed by atoms with Crippen molar-refractivity contribution in [3.05, 3.63) is 54.6 Å². The first-order valence-electron chi connectivity index (χ1n) is 7.98. The lowest BCUT2D eigenvalue weighted by atomic mass is 10.2. The molecule has 6 nitrogen and oxygen atoms in total. The van der Waals surface area contributed by atoms with Crippen molar-refractivity contribution >= 4 is 27.2 Å². The molecule has 1 aliphatic rings. The summed E-state index contributed by atoms with van der Waals surface area (Å²) >= 11 is 0. The summed E-state index contributed by atoms with van der Waals surface area (Å²) < 4.78 is 28.9. The number of carbonyl (C=O) groups is 1. The molecule has 1 N–H and O–H groups in total. The summed E-state index contributed by atoms with van der Waals surface area (Å²) in [6.45, 7) is 0. The van der Waals surface area contributed by atoms with Gasteiger partial charge in [0.25, 0.3) is 0 Å². The van der Waals surface area contributed by atoms with Gasteiger partial charge in [-0.3, -0.25) is 4.90 Å². The highest BCUT2D eigenvalue weighted by Crippen LogP contribution is 2.27. The zero-order chi connectivity index (χ0) is 17.9. The topological polar surface area (TPSA) is 75.7 Å². The van der Waals surface area contributed by atoms with Crippen LogP contribution >= 0.6 is 0 Å². The molecule has 0 saturated carbocycles. The number of ether oxygens (including phenoxy) is 1. The molecule has 2 aromatic rings. The van der Waals surface area contributed by atoms with Crippen molar-refractivity contribution in [2.24, 2.45) is 0 Å². The number of amides is 2. The largest absolute Gasteiger partial charge is 0.497 e. The van der Waals surface area contributed by atoms with Crippen molar-refractivity contribution in [2.75, 3.05) is 28.8 Å². The van der Waals surface area contributed by atoms with E-state index in [1.165, 1.54) is 4.90 Å². The van der Waals surface area contributed by atoms with Crippen LogP contribution in [0.3, 0.4) is 0 Å². The maximum atomic E-state index is 12.9. The van der Waals surface area contributed by atoms with Crippen molar-refractivity contribution in [1.82, 2.24) is 0 Å². The number of hydrogen-bond donors (Lipinski definition) is 1. The van der Waals surface area contributed by atoms with Crippen LogP contribution in [0.5, 0.6) is 5.75 Å². The van der Waals surface area contributed by atoms with E-state index in [4.69, 9.17) is 4.74 Å². The number of methoxy groups -OCH3 is 1. The average Bonchev–Trinajstić information content (AvgIpc) is 2.96. The number of hydrogen-bond acceptors (Lipinski definition) is 4. The van der Waals surface area contributed by atoms with E-state index >= 15 is 0 Å². The number of nitrogens with one attached hydrogen (secondary N) is 1. The quantitative estimate of drug-likeness (QED) is 0.910. The Morgan fingerprint density at radius 1 is 1.12 bits per heavy atom. The van der Waals surface area contributed by atoms with Gasteiger partial charge < -0.3 is 10.1 Å².